The van der Waals surface area contributed by atoms with Gasteiger partial charge in [0.1, 0.15) is 0 Å². The number of hydrogen-bond donors (Lipinski definition) is 1. The molecule has 0 aliphatic carbocycles. The summed E-state index contributed by atoms with van der Waals surface area (Å²) in [5, 5.41) is 9.33. The van der Waals surface area contributed by atoms with E-state index in [0.717, 1.165) is 11.1 Å². The largest absolute Gasteiger partial charge is 0.395 e. The monoisotopic (exact) mass is 348 g/mol. The van der Waals surface area contributed by atoms with E-state index in [1.54, 1.807) is 30.4 Å². The number of aromatic nitrogens is 3. The number of aliphatic hydroxyl groups excluding tert-OH is 1. The molecule has 2 aromatic heterocycles. The lowest BCUT2D eigenvalue weighted by Gasteiger charge is -2.22. The van der Waals surface area contributed by atoms with Crippen LogP contribution >= 0.6 is 0 Å². The molecule has 26 heavy (non-hydrogen) atoms. The van der Waals surface area contributed by atoms with Gasteiger partial charge in [0.05, 0.1) is 17.9 Å². The standard InChI is InChI=1S/C20H20N4O2/c1-15-18(13-22-19(23-15)17-7-3-2-4-8-17)20(26)24(10-11-25)14-16-6-5-9-21-12-16/h2-9,12-13,25H,10-11,14H2,1H3. The molecular formula is C20H20N4O2. The van der Waals surface area contributed by atoms with Crippen molar-refractivity contribution in [1.82, 2.24) is 19.9 Å². The zero-order valence-corrected chi connectivity index (χ0v) is 14.5. The fraction of sp³-hybridized carbons (Fsp3) is 0.200. The van der Waals surface area contributed by atoms with Crippen LogP contribution in [0.25, 0.3) is 11.4 Å². The Bertz CT molecular complexity index is 869. The van der Waals surface area contributed by atoms with Crippen molar-refractivity contribution in [2.24, 2.45) is 0 Å². The third-order valence-electron chi connectivity index (χ3n) is 4.00. The molecule has 1 N–H and O–H groups in total. The molecule has 0 bridgehead atoms. The molecule has 0 aliphatic rings. The van der Waals surface area contributed by atoms with Crippen LogP contribution < -0.4 is 0 Å². The summed E-state index contributed by atoms with van der Waals surface area (Å²) >= 11 is 0. The lowest BCUT2D eigenvalue weighted by atomic mass is 10.1. The summed E-state index contributed by atoms with van der Waals surface area (Å²) in [7, 11) is 0. The molecule has 132 valence electrons. The predicted octanol–water partition coefficient (Wildman–Crippen LogP) is 2.48. The summed E-state index contributed by atoms with van der Waals surface area (Å²) in [6.45, 7) is 2.28. The fourth-order valence-corrected chi connectivity index (χ4v) is 2.66. The van der Waals surface area contributed by atoms with Crippen molar-refractivity contribution < 1.29 is 9.90 Å². The normalized spacial score (nSPS) is 10.5. The van der Waals surface area contributed by atoms with Gasteiger partial charge in [-0.2, -0.15) is 0 Å². The maximum Gasteiger partial charge on any atom is 0.257 e. The summed E-state index contributed by atoms with van der Waals surface area (Å²) in [5.41, 5.74) is 2.84. The van der Waals surface area contributed by atoms with Crippen LogP contribution in [0.15, 0.2) is 61.1 Å². The first-order chi connectivity index (χ1) is 12.7. The molecule has 0 atom stereocenters. The zero-order valence-electron chi connectivity index (χ0n) is 14.5. The van der Waals surface area contributed by atoms with Crippen LogP contribution in [0.1, 0.15) is 21.6 Å². The van der Waals surface area contributed by atoms with E-state index in [1.165, 1.54) is 0 Å². The molecule has 3 rings (SSSR count). The molecule has 1 amide bonds. The van der Waals surface area contributed by atoms with E-state index in [4.69, 9.17) is 0 Å². The number of carbonyl (C=O) groups is 1. The van der Waals surface area contributed by atoms with Gasteiger partial charge in [-0.15, -0.1) is 0 Å². The van der Waals surface area contributed by atoms with Crippen LogP contribution in [-0.4, -0.2) is 44.0 Å². The molecule has 6 nitrogen and oxygen atoms in total. The number of hydrogen-bond acceptors (Lipinski definition) is 5. The van der Waals surface area contributed by atoms with Crippen LogP contribution in [0.2, 0.25) is 0 Å². The van der Waals surface area contributed by atoms with E-state index in [0.29, 0.717) is 23.6 Å². The second-order valence-corrected chi connectivity index (χ2v) is 5.87. The number of benzene rings is 1. The van der Waals surface area contributed by atoms with Gasteiger partial charge in [-0.05, 0) is 18.6 Å². The molecule has 0 spiro atoms. The van der Waals surface area contributed by atoms with Gasteiger partial charge in [-0.1, -0.05) is 36.4 Å². The SMILES string of the molecule is Cc1nc(-c2ccccc2)ncc1C(=O)N(CCO)Cc1cccnc1. The molecule has 0 fully saturated rings. The highest BCUT2D eigenvalue weighted by Crippen LogP contribution is 2.17. The third kappa shape index (κ3) is 4.10. The second-order valence-electron chi connectivity index (χ2n) is 5.87. The maximum atomic E-state index is 12.9. The smallest absolute Gasteiger partial charge is 0.257 e. The summed E-state index contributed by atoms with van der Waals surface area (Å²) in [6, 6.07) is 13.3. The van der Waals surface area contributed by atoms with Crippen molar-refractivity contribution in [2.75, 3.05) is 13.2 Å². The summed E-state index contributed by atoms with van der Waals surface area (Å²) in [4.78, 5) is 27.4. The van der Waals surface area contributed by atoms with Crippen molar-refractivity contribution in [2.45, 2.75) is 13.5 Å². The van der Waals surface area contributed by atoms with Crippen LogP contribution in [0.4, 0.5) is 0 Å². The van der Waals surface area contributed by atoms with Crippen LogP contribution in [0.5, 0.6) is 0 Å². The molecule has 0 saturated carbocycles. The minimum atomic E-state index is -0.208. The van der Waals surface area contributed by atoms with Crippen LogP contribution in [0.3, 0.4) is 0 Å². The number of pyridine rings is 1. The van der Waals surface area contributed by atoms with Crippen molar-refractivity contribution in [1.29, 1.82) is 0 Å². The lowest BCUT2D eigenvalue weighted by Crippen LogP contribution is -2.33. The molecule has 6 heteroatoms. The number of aliphatic hydroxyl groups is 1. The van der Waals surface area contributed by atoms with Gasteiger partial charge in [0, 0.05) is 37.2 Å². The number of nitrogens with zero attached hydrogens (tertiary/aromatic N) is 4. The van der Waals surface area contributed by atoms with Gasteiger partial charge in [-0.3, -0.25) is 9.78 Å². The Hall–Kier alpha value is -3.12. The first-order valence-electron chi connectivity index (χ1n) is 8.37. The molecule has 1 aromatic carbocycles. The van der Waals surface area contributed by atoms with Crippen LogP contribution in [-0.2, 0) is 6.54 Å². The Morgan fingerprint density at radius 2 is 1.92 bits per heavy atom. The number of amides is 1. The Labute approximate surface area is 152 Å². The maximum absolute atomic E-state index is 12.9. The molecular weight excluding hydrogens is 328 g/mol. The number of carbonyl (C=O) groups excluding carboxylic acids is 1. The van der Waals surface area contributed by atoms with E-state index < -0.39 is 0 Å². The van der Waals surface area contributed by atoms with Gasteiger partial charge < -0.3 is 10.0 Å². The molecule has 0 unspecified atom stereocenters. The third-order valence-corrected chi connectivity index (χ3v) is 4.00. The van der Waals surface area contributed by atoms with Gasteiger partial charge in [0.25, 0.3) is 5.91 Å². The zero-order chi connectivity index (χ0) is 18.4. The van der Waals surface area contributed by atoms with Gasteiger partial charge >= 0.3 is 0 Å². The molecule has 0 radical (unpaired) electrons. The highest BCUT2D eigenvalue weighted by atomic mass is 16.3. The molecule has 3 aromatic rings. The minimum absolute atomic E-state index is 0.117. The summed E-state index contributed by atoms with van der Waals surface area (Å²) in [6.07, 6.45) is 4.95. The van der Waals surface area contributed by atoms with Crippen molar-refractivity contribution in [3.8, 4) is 11.4 Å². The van der Waals surface area contributed by atoms with Crippen LogP contribution in [0, 0.1) is 6.92 Å². The van der Waals surface area contributed by atoms with Gasteiger partial charge in [-0.25, -0.2) is 9.97 Å². The quantitative estimate of drug-likeness (QED) is 0.740. The van der Waals surface area contributed by atoms with Crippen molar-refractivity contribution in [3.05, 3.63) is 77.9 Å². The highest BCUT2D eigenvalue weighted by molar-refractivity contribution is 5.95. The lowest BCUT2D eigenvalue weighted by molar-refractivity contribution is 0.0706. The molecule has 0 saturated heterocycles. The Kier molecular flexibility index (Phi) is 5.66. The summed E-state index contributed by atoms with van der Waals surface area (Å²) < 4.78 is 0. The highest BCUT2D eigenvalue weighted by Gasteiger charge is 2.19. The summed E-state index contributed by atoms with van der Waals surface area (Å²) in [5.74, 6) is 0.376. The average molecular weight is 348 g/mol. The second kappa shape index (κ2) is 8.31. The van der Waals surface area contributed by atoms with Crippen molar-refractivity contribution in [3.63, 3.8) is 0 Å². The molecule has 2 heterocycles. The topological polar surface area (TPSA) is 79.2 Å². The predicted molar refractivity (Wildman–Crippen MR) is 98.3 cm³/mol. The number of rotatable bonds is 6. The van der Waals surface area contributed by atoms with E-state index in [9.17, 15) is 9.90 Å². The Morgan fingerprint density at radius 3 is 2.58 bits per heavy atom. The van der Waals surface area contributed by atoms with E-state index >= 15 is 0 Å². The average Bonchev–Trinajstić information content (AvgIpc) is 2.68. The minimum Gasteiger partial charge on any atom is -0.395 e. The Balaban J connectivity index is 1.85. The van der Waals surface area contributed by atoms with E-state index in [1.807, 2.05) is 42.5 Å². The first-order valence-corrected chi connectivity index (χ1v) is 8.37. The van der Waals surface area contributed by atoms with Crippen molar-refractivity contribution >= 4 is 5.91 Å². The van der Waals surface area contributed by atoms with Gasteiger partial charge in [0.2, 0.25) is 0 Å². The Morgan fingerprint density at radius 1 is 1.12 bits per heavy atom. The first kappa shape index (κ1) is 17.7. The fourth-order valence-electron chi connectivity index (χ4n) is 2.66. The van der Waals surface area contributed by atoms with E-state index in [2.05, 4.69) is 15.0 Å². The van der Waals surface area contributed by atoms with Gasteiger partial charge in [0.15, 0.2) is 5.82 Å². The van der Waals surface area contributed by atoms with E-state index in [-0.39, 0.29) is 19.1 Å². The number of aryl methyl sites for hydroxylation is 1. The molecule has 0 aliphatic heterocycles.